The Kier molecular flexibility index (Phi) is 8.56. The Bertz CT molecular complexity index is 1340. The van der Waals surface area contributed by atoms with Crippen molar-refractivity contribution in [3.8, 4) is 5.75 Å². The maximum atomic E-state index is 13.0. The standard InChI is InChI=1S/C23H25FN2O6S2/c1-3-31-17-9-12-19-20(14-17)33-23(26(19)15-22(28)32-4-2)25-21(27)6-5-13-34(29,30)18-10-7-16(24)8-11-18/h7-12,14H,3-6,13,15H2,1-2H3. The number of hydrogen-bond donors (Lipinski definition) is 0. The van der Waals surface area contributed by atoms with Gasteiger partial charge in [-0.25, -0.2) is 12.8 Å². The van der Waals surface area contributed by atoms with Crippen LogP contribution < -0.4 is 9.54 Å². The molecule has 0 radical (unpaired) electrons. The minimum Gasteiger partial charge on any atom is -0.494 e. The van der Waals surface area contributed by atoms with Gasteiger partial charge in [-0.3, -0.25) is 9.59 Å². The highest BCUT2D eigenvalue weighted by Gasteiger charge is 2.16. The van der Waals surface area contributed by atoms with Gasteiger partial charge < -0.3 is 14.0 Å². The third-order valence-corrected chi connectivity index (χ3v) is 7.61. The molecule has 8 nitrogen and oxygen atoms in total. The Balaban J connectivity index is 1.80. The summed E-state index contributed by atoms with van der Waals surface area (Å²) < 4.78 is 50.8. The number of thiazole rings is 1. The Labute approximate surface area is 200 Å². The quantitative estimate of drug-likeness (QED) is 0.307. The second-order valence-electron chi connectivity index (χ2n) is 7.22. The molecule has 11 heteroatoms. The minimum atomic E-state index is -3.64. The molecule has 182 valence electrons. The Morgan fingerprint density at radius 3 is 2.50 bits per heavy atom. The molecule has 0 N–H and O–H groups in total. The van der Waals surface area contributed by atoms with E-state index < -0.39 is 27.5 Å². The van der Waals surface area contributed by atoms with Crippen LogP contribution in [0, 0.1) is 5.82 Å². The summed E-state index contributed by atoms with van der Waals surface area (Å²) >= 11 is 1.22. The fourth-order valence-corrected chi connectivity index (χ4v) is 5.61. The Hall–Kier alpha value is -3.05. The number of carbonyl (C=O) groups excluding carboxylic acids is 2. The van der Waals surface area contributed by atoms with Crippen molar-refractivity contribution in [2.45, 2.75) is 38.1 Å². The van der Waals surface area contributed by atoms with Crippen molar-refractivity contribution in [3.63, 3.8) is 0 Å². The average molecular weight is 509 g/mol. The van der Waals surface area contributed by atoms with E-state index in [1.807, 2.05) is 13.0 Å². The van der Waals surface area contributed by atoms with Crippen LogP contribution >= 0.6 is 11.3 Å². The molecule has 0 aliphatic heterocycles. The van der Waals surface area contributed by atoms with Crippen LogP contribution in [0.2, 0.25) is 0 Å². The number of ether oxygens (including phenoxy) is 2. The summed E-state index contributed by atoms with van der Waals surface area (Å²) in [6.07, 6.45) is -0.0441. The summed E-state index contributed by atoms with van der Waals surface area (Å²) in [5.74, 6) is -1.12. The van der Waals surface area contributed by atoms with E-state index in [9.17, 15) is 22.4 Å². The average Bonchev–Trinajstić information content (AvgIpc) is 3.10. The zero-order valence-corrected chi connectivity index (χ0v) is 20.5. The van der Waals surface area contributed by atoms with Crippen LogP contribution in [0.3, 0.4) is 0 Å². The molecule has 0 fully saturated rings. The highest BCUT2D eigenvalue weighted by atomic mass is 32.2. The van der Waals surface area contributed by atoms with E-state index in [-0.39, 0.29) is 36.6 Å². The molecule has 0 unspecified atom stereocenters. The van der Waals surface area contributed by atoms with Gasteiger partial charge in [-0.2, -0.15) is 4.99 Å². The van der Waals surface area contributed by atoms with Crippen molar-refractivity contribution in [2.24, 2.45) is 4.99 Å². The van der Waals surface area contributed by atoms with Crippen LogP contribution in [0.15, 0.2) is 52.4 Å². The number of sulfone groups is 1. The highest BCUT2D eigenvalue weighted by Crippen LogP contribution is 2.23. The highest BCUT2D eigenvalue weighted by molar-refractivity contribution is 7.91. The van der Waals surface area contributed by atoms with Gasteiger partial charge in [-0.05, 0) is 62.7 Å². The lowest BCUT2D eigenvalue weighted by atomic mass is 10.3. The van der Waals surface area contributed by atoms with E-state index in [1.54, 1.807) is 23.6 Å². The summed E-state index contributed by atoms with van der Waals surface area (Å²) in [6, 6.07) is 9.92. The number of benzene rings is 2. The maximum absolute atomic E-state index is 13.0. The number of aromatic nitrogens is 1. The molecule has 0 saturated heterocycles. The number of nitrogens with zero attached hydrogens (tertiary/aromatic N) is 2. The van der Waals surface area contributed by atoms with Crippen molar-refractivity contribution in [1.82, 2.24) is 4.57 Å². The molecule has 1 aromatic heterocycles. The van der Waals surface area contributed by atoms with Crippen molar-refractivity contribution in [1.29, 1.82) is 0 Å². The number of rotatable bonds is 10. The molecular weight excluding hydrogens is 483 g/mol. The van der Waals surface area contributed by atoms with Gasteiger partial charge in [0.15, 0.2) is 14.6 Å². The summed E-state index contributed by atoms with van der Waals surface area (Å²) in [4.78, 5) is 29.1. The van der Waals surface area contributed by atoms with E-state index >= 15 is 0 Å². The first-order valence-corrected chi connectivity index (χ1v) is 13.2. The molecule has 1 heterocycles. The van der Waals surface area contributed by atoms with Crippen LogP contribution in [0.4, 0.5) is 4.39 Å². The molecule has 0 aliphatic rings. The maximum Gasteiger partial charge on any atom is 0.326 e. The van der Waals surface area contributed by atoms with E-state index in [0.29, 0.717) is 22.7 Å². The summed E-state index contributed by atoms with van der Waals surface area (Å²) in [5.41, 5.74) is 0.701. The lowest BCUT2D eigenvalue weighted by molar-refractivity contribution is -0.143. The SMILES string of the molecule is CCOC(=O)Cn1c(=NC(=O)CCCS(=O)(=O)c2ccc(F)cc2)sc2cc(OCC)ccc21. The van der Waals surface area contributed by atoms with Crippen LogP contribution in [0.5, 0.6) is 5.75 Å². The minimum absolute atomic E-state index is 0.000162. The van der Waals surface area contributed by atoms with Crippen LogP contribution in [0.25, 0.3) is 10.2 Å². The van der Waals surface area contributed by atoms with Gasteiger partial charge in [0.1, 0.15) is 18.1 Å². The zero-order valence-electron chi connectivity index (χ0n) is 18.8. The predicted octanol–water partition coefficient (Wildman–Crippen LogP) is 3.49. The van der Waals surface area contributed by atoms with Gasteiger partial charge in [0, 0.05) is 6.42 Å². The van der Waals surface area contributed by atoms with Gasteiger partial charge in [-0.1, -0.05) is 11.3 Å². The van der Waals surface area contributed by atoms with Crippen LogP contribution in [-0.2, 0) is 30.7 Å². The van der Waals surface area contributed by atoms with Crippen LogP contribution in [0.1, 0.15) is 26.7 Å². The molecule has 34 heavy (non-hydrogen) atoms. The lowest BCUT2D eigenvalue weighted by Gasteiger charge is -2.06. The summed E-state index contributed by atoms with van der Waals surface area (Å²) in [6.45, 7) is 4.18. The fourth-order valence-electron chi connectivity index (χ4n) is 3.22. The largest absolute Gasteiger partial charge is 0.494 e. The van der Waals surface area contributed by atoms with E-state index in [2.05, 4.69) is 4.99 Å². The molecule has 0 atom stereocenters. The van der Waals surface area contributed by atoms with Crippen molar-refractivity contribution >= 4 is 43.3 Å². The number of esters is 1. The van der Waals surface area contributed by atoms with Crippen molar-refractivity contribution in [3.05, 3.63) is 53.1 Å². The fraction of sp³-hybridized carbons (Fsp3) is 0.348. The second-order valence-corrected chi connectivity index (χ2v) is 10.3. The van der Waals surface area contributed by atoms with Gasteiger partial charge >= 0.3 is 5.97 Å². The summed E-state index contributed by atoms with van der Waals surface area (Å²) in [5, 5.41) is 0. The molecule has 0 saturated carbocycles. The van der Waals surface area contributed by atoms with E-state index in [1.165, 1.54) is 23.5 Å². The Morgan fingerprint density at radius 2 is 1.82 bits per heavy atom. The van der Waals surface area contributed by atoms with Gasteiger partial charge in [-0.15, -0.1) is 0 Å². The monoisotopic (exact) mass is 508 g/mol. The van der Waals surface area contributed by atoms with E-state index in [4.69, 9.17) is 9.47 Å². The van der Waals surface area contributed by atoms with E-state index in [0.717, 1.165) is 16.8 Å². The van der Waals surface area contributed by atoms with Crippen molar-refractivity contribution in [2.75, 3.05) is 19.0 Å². The first-order valence-electron chi connectivity index (χ1n) is 10.7. The molecule has 3 rings (SSSR count). The third kappa shape index (κ3) is 6.51. The van der Waals surface area contributed by atoms with Gasteiger partial charge in [0.2, 0.25) is 5.91 Å². The molecular formula is C23H25FN2O6S2. The number of fused-ring (bicyclic) bond motifs is 1. The molecule has 0 aliphatic carbocycles. The van der Waals surface area contributed by atoms with Gasteiger partial charge in [0.25, 0.3) is 0 Å². The van der Waals surface area contributed by atoms with Gasteiger partial charge in [0.05, 0.1) is 34.1 Å². The second kappa shape index (κ2) is 11.4. The molecule has 0 bridgehead atoms. The smallest absolute Gasteiger partial charge is 0.326 e. The lowest BCUT2D eigenvalue weighted by Crippen LogP contribution is -2.23. The Morgan fingerprint density at radius 1 is 1.09 bits per heavy atom. The first-order chi connectivity index (χ1) is 16.2. The topological polar surface area (TPSA) is 104 Å². The number of halogens is 1. The van der Waals surface area contributed by atoms with Crippen molar-refractivity contribution < 1.29 is 31.9 Å². The summed E-state index contributed by atoms with van der Waals surface area (Å²) in [7, 11) is -3.64. The van der Waals surface area contributed by atoms with Crippen LogP contribution in [-0.4, -0.2) is 43.8 Å². The predicted molar refractivity (Wildman–Crippen MR) is 126 cm³/mol. The third-order valence-electron chi connectivity index (χ3n) is 4.75. The molecule has 1 amide bonds. The molecule has 0 spiro atoms. The normalized spacial score (nSPS) is 12.1. The number of hydrogen-bond acceptors (Lipinski definition) is 7. The molecule has 3 aromatic rings. The first kappa shape index (κ1) is 25.6. The molecule has 2 aromatic carbocycles. The zero-order chi connectivity index (χ0) is 24.7. The number of carbonyl (C=O) groups is 2. The number of amides is 1.